The molecule has 0 atom stereocenters. The van der Waals surface area contributed by atoms with Crippen LogP contribution in [0.5, 0.6) is 0 Å². The number of nitrogens with one attached hydrogen (secondary N) is 2. The fraction of sp³-hybridized carbons (Fsp3) is 0.758. The number of nitrogens with zero attached hydrogens (tertiary/aromatic N) is 2. The number of rotatable bonds is 9. The lowest BCUT2D eigenvalue weighted by Gasteiger charge is -2.30. The van der Waals surface area contributed by atoms with Crippen LogP contribution < -0.4 is 10.6 Å². The van der Waals surface area contributed by atoms with E-state index in [0.717, 1.165) is 18.5 Å². The Hall–Kier alpha value is -2.40. The van der Waals surface area contributed by atoms with Crippen molar-refractivity contribution < 1.29 is 40.4 Å². The van der Waals surface area contributed by atoms with E-state index in [2.05, 4.69) is 20.8 Å². The fourth-order valence-electron chi connectivity index (χ4n) is 4.98. The van der Waals surface area contributed by atoms with E-state index in [9.17, 15) is 26.4 Å². The van der Waals surface area contributed by atoms with Crippen LogP contribution >= 0.6 is 11.3 Å². The van der Waals surface area contributed by atoms with E-state index in [1.807, 2.05) is 46.9 Å². The van der Waals surface area contributed by atoms with E-state index in [0.29, 0.717) is 50.1 Å². The Morgan fingerprint density at radius 3 is 1.78 bits per heavy atom. The standard InChI is InChI=1S/C17H28N2O4S2.C16H26N2O5S/c1-16(2,3)13-10-24-15(18-13)19-14(20)17(4,5)25(21,22)11-12-6-8-23-9-7-12;1-15(2,3)12-10-13(23-18-12)17-14(19)16(4,5)24(20,21)11-6-8-22-9-7-11/h10,12H,6-9,11H2,1-5H3,(H,18,19,20);10-11H,6-9H2,1-5H3,(H,17,19). The molecule has 49 heavy (non-hydrogen) atoms. The van der Waals surface area contributed by atoms with Crippen LogP contribution in [0.2, 0.25) is 0 Å². The summed E-state index contributed by atoms with van der Waals surface area (Å²) in [6, 6.07) is 1.62. The fourth-order valence-corrected chi connectivity index (χ4v) is 9.57. The van der Waals surface area contributed by atoms with Gasteiger partial charge in [0.2, 0.25) is 17.7 Å². The minimum Gasteiger partial charge on any atom is -0.381 e. The molecule has 0 bridgehead atoms. The van der Waals surface area contributed by atoms with Gasteiger partial charge in [0.05, 0.1) is 22.4 Å². The number of sulfone groups is 2. The van der Waals surface area contributed by atoms with Gasteiger partial charge in [-0.15, -0.1) is 11.3 Å². The minimum absolute atomic E-state index is 0.0158. The van der Waals surface area contributed by atoms with Gasteiger partial charge in [0.25, 0.3) is 0 Å². The highest BCUT2D eigenvalue weighted by molar-refractivity contribution is 7.94. The Kier molecular flexibility index (Phi) is 12.9. The van der Waals surface area contributed by atoms with E-state index in [-0.39, 0.29) is 28.4 Å². The monoisotopic (exact) mass is 746 g/mol. The molecule has 2 aromatic heterocycles. The first-order chi connectivity index (χ1) is 22.4. The van der Waals surface area contributed by atoms with Crippen LogP contribution in [0.3, 0.4) is 0 Å². The first-order valence-electron chi connectivity index (χ1n) is 16.6. The Balaban J connectivity index is 0.000000266. The van der Waals surface area contributed by atoms with Crippen LogP contribution in [-0.4, -0.2) is 85.7 Å². The Morgan fingerprint density at radius 1 is 0.776 bits per heavy atom. The van der Waals surface area contributed by atoms with Crippen molar-refractivity contribution in [3.05, 3.63) is 22.8 Å². The van der Waals surface area contributed by atoms with Gasteiger partial charge in [-0.2, -0.15) is 0 Å². The van der Waals surface area contributed by atoms with Crippen molar-refractivity contribution in [3.8, 4) is 0 Å². The second-order valence-electron chi connectivity index (χ2n) is 15.7. The number of carbonyl (C=O) groups is 2. The third-order valence-corrected chi connectivity index (χ3v) is 15.4. The van der Waals surface area contributed by atoms with Crippen LogP contribution in [0, 0.1) is 5.92 Å². The number of anilines is 2. The van der Waals surface area contributed by atoms with Crippen LogP contribution in [-0.2, 0) is 49.6 Å². The zero-order valence-corrected chi connectivity index (χ0v) is 32.9. The zero-order valence-electron chi connectivity index (χ0n) is 30.5. The van der Waals surface area contributed by atoms with E-state index in [1.54, 1.807) is 6.07 Å². The highest BCUT2D eigenvalue weighted by Gasteiger charge is 2.47. The van der Waals surface area contributed by atoms with E-state index >= 15 is 0 Å². The van der Waals surface area contributed by atoms with E-state index < -0.39 is 46.2 Å². The van der Waals surface area contributed by atoms with Crippen molar-refractivity contribution in [1.82, 2.24) is 10.1 Å². The second-order valence-corrected chi connectivity index (χ2v) is 22.0. The molecule has 2 N–H and O–H groups in total. The van der Waals surface area contributed by atoms with Gasteiger partial charge in [-0.3, -0.25) is 14.9 Å². The summed E-state index contributed by atoms with van der Waals surface area (Å²) in [5, 5.41) is 10.9. The summed E-state index contributed by atoms with van der Waals surface area (Å²) in [5.74, 6) is -0.930. The number of aromatic nitrogens is 2. The smallest absolute Gasteiger partial charge is 0.247 e. The van der Waals surface area contributed by atoms with Crippen molar-refractivity contribution in [3.63, 3.8) is 0 Å². The lowest BCUT2D eigenvalue weighted by Crippen LogP contribution is -2.50. The summed E-state index contributed by atoms with van der Waals surface area (Å²) >= 11 is 1.31. The quantitative estimate of drug-likeness (QED) is 0.340. The first-order valence-corrected chi connectivity index (χ1v) is 20.6. The molecule has 0 unspecified atom stereocenters. The molecule has 278 valence electrons. The van der Waals surface area contributed by atoms with Crippen LogP contribution in [0.1, 0.15) is 106 Å². The molecular formula is C33H54N4O9S3. The molecule has 4 heterocycles. The zero-order chi connectivity index (χ0) is 37.1. The highest BCUT2D eigenvalue weighted by Crippen LogP contribution is 2.31. The average molecular weight is 747 g/mol. The third-order valence-electron chi connectivity index (χ3n) is 8.99. The summed E-state index contributed by atoms with van der Waals surface area (Å²) in [6.07, 6.45) is 2.27. The lowest BCUT2D eigenvalue weighted by molar-refractivity contribution is -0.118. The molecule has 0 spiro atoms. The van der Waals surface area contributed by atoms with Crippen molar-refractivity contribution >= 4 is 53.8 Å². The molecule has 2 amide bonds. The predicted molar refractivity (Wildman–Crippen MR) is 192 cm³/mol. The number of hydrogen-bond donors (Lipinski definition) is 2. The molecule has 16 heteroatoms. The van der Waals surface area contributed by atoms with Crippen LogP contribution in [0.25, 0.3) is 0 Å². The van der Waals surface area contributed by atoms with Gasteiger partial charge < -0.3 is 19.3 Å². The Bertz CT molecular complexity index is 1650. The summed E-state index contributed by atoms with van der Waals surface area (Å²) in [6.45, 7) is 19.8. The normalized spacial score (nSPS) is 17.6. The number of carbonyl (C=O) groups excluding carboxylic acids is 2. The molecule has 0 saturated carbocycles. The average Bonchev–Trinajstić information content (AvgIpc) is 3.68. The molecule has 13 nitrogen and oxygen atoms in total. The van der Waals surface area contributed by atoms with Gasteiger partial charge in [-0.05, 0) is 59.3 Å². The largest absolute Gasteiger partial charge is 0.381 e. The van der Waals surface area contributed by atoms with Gasteiger partial charge in [0.15, 0.2) is 24.8 Å². The second kappa shape index (κ2) is 15.5. The molecule has 2 aromatic rings. The summed E-state index contributed by atoms with van der Waals surface area (Å²) < 4.78 is 63.8. The number of amides is 2. The van der Waals surface area contributed by atoms with Crippen LogP contribution in [0.4, 0.5) is 11.0 Å². The molecule has 0 aromatic carbocycles. The molecule has 4 rings (SSSR count). The van der Waals surface area contributed by atoms with E-state index in [1.165, 1.54) is 39.0 Å². The molecule has 0 radical (unpaired) electrons. The number of ether oxygens (including phenoxy) is 2. The maximum atomic E-state index is 12.8. The number of thiazole rings is 1. The SMILES string of the molecule is CC(C)(C)c1cc(NC(=O)C(C)(C)S(=O)(=O)C2CCOCC2)on1.CC(C)(C)c1csc(NC(=O)C(C)(C)S(=O)(=O)CC2CCOCC2)n1. The first kappa shape index (κ1) is 41.0. The van der Waals surface area contributed by atoms with Crippen molar-refractivity contribution in [2.24, 2.45) is 5.92 Å². The van der Waals surface area contributed by atoms with Crippen molar-refractivity contribution in [2.75, 3.05) is 42.8 Å². The summed E-state index contributed by atoms with van der Waals surface area (Å²) in [7, 11) is -7.25. The van der Waals surface area contributed by atoms with Gasteiger partial charge in [0.1, 0.15) is 9.49 Å². The molecule has 2 fully saturated rings. The van der Waals surface area contributed by atoms with E-state index in [4.69, 9.17) is 14.0 Å². The molecule has 2 saturated heterocycles. The van der Waals surface area contributed by atoms with Gasteiger partial charge in [-0.1, -0.05) is 46.7 Å². The maximum Gasteiger partial charge on any atom is 0.247 e. The molecule has 0 aliphatic carbocycles. The predicted octanol–water partition coefficient (Wildman–Crippen LogP) is 5.28. The summed E-state index contributed by atoms with van der Waals surface area (Å²) in [5.41, 5.74) is 1.21. The lowest BCUT2D eigenvalue weighted by atomic mass is 9.92. The maximum absolute atomic E-state index is 12.8. The van der Waals surface area contributed by atoms with Crippen LogP contribution in [0.15, 0.2) is 16.0 Å². The minimum atomic E-state index is -3.66. The molecule has 2 aliphatic rings. The number of hydrogen-bond acceptors (Lipinski definition) is 12. The molecule has 2 aliphatic heterocycles. The summed E-state index contributed by atoms with van der Waals surface area (Å²) in [4.78, 5) is 29.6. The van der Waals surface area contributed by atoms with Gasteiger partial charge in [0, 0.05) is 48.7 Å². The van der Waals surface area contributed by atoms with Gasteiger partial charge >= 0.3 is 0 Å². The Labute approximate surface area is 295 Å². The van der Waals surface area contributed by atoms with Crippen molar-refractivity contribution in [2.45, 2.75) is 120 Å². The molecular weight excluding hydrogens is 693 g/mol. The highest BCUT2D eigenvalue weighted by atomic mass is 32.2. The Morgan fingerprint density at radius 2 is 1.29 bits per heavy atom. The third kappa shape index (κ3) is 10.1. The topological polar surface area (TPSA) is 184 Å². The van der Waals surface area contributed by atoms with Gasteiger partial charge in [-0.25, -0.2) is 21.8 Å². The van der Waals surface area contributed by atoms with Crippen molar-refractivity contribution in [1.29, 1.82) is 0 Å².